The van der Waals surface area contributed by atoms with Crippen molar-refractivity contribution in [3.63, 3.8) is 0 Å². The lowest BCUT2D eigenvalue weighted by molar-refractivity contribution is -0.117. The van der Waals surface area contributed by atoms with Crippen LogP contribution in [0.5, 0.6) is 0 Å². The highest BCUT2D eigenvalue weighted by Crippen LogP contribution is 2.47. The van der Waals surface area contributed by atoms with E-state index in [9.17, 15) is 10.1 Å². The first-order chi connectivity index (χ1) is 10.7. The van der Waals surface area contributed by atoms with Crippen LogP contribution in [0.2, 0.25) is 0 Å². The molecule has 1 aromatic heterocycles. The highest BCUT2D eigenvalue weighted by Gasteiger charge is 2.36. The van der Waals surface area contributed by atoms with Crippen LogP contribution in [0.15, 0.2) is 22.1 Å². The van der Waals surface area contributed by atoms with Crippen molar-refractivity contribution in [1.82, 2.24) is 5.32 Å². The van der Waals surface area contributed by atoms with Crippen molar-refractivity contribution >= 4 is 12.0 Å². The van der Waals surface area contributed by atoms with Gasteiger partial charge >= 0.3 is 0 Å². The molecule has 116 valence electrons. The van der Waals surface area contributed by atoms with Gasteiger partial charge in [0.2, 0.25) is 0 Å². The molecule has 2 aliphatic carbocycles. The standard InChI is InChI=1S/C18H22N2O2/c1-12-9-16(12)17-8-7-15(22-17)10-13(11-19)18(21)20-14-5-3-2-4-6-14/h7-8,10,12,14,16H,2-6,9H2,1H3,(H,20,21)/b13-10+/t12-,16+/m0/s1. The highest BCUT2D eigenvalue weighted by atomic mass is 16.3. The van der Waals surface area contributed by atoms with Gasteiger partial charge in [-0.3, -0.25) is 4.79 Å². The third-order valence-electron chi connectivity index (χ3n) is 4.71. The van der Waals surface area contributed by atoms with Crippen molar-refractivity contribution in [2.24, 2.45) is 5.92 Å². The lowest BCUT2D eigenvalue weighted by atomic mass is 9.95. The van der Waals surface area contributed by atoms with Crippen LogP contribution < -0.4 is 5.32 Å². The molecule has 0 aromatic carbocycles. The van der Waals surface area contributed by atoms with Gasteiger partial charge in [-0.05, 0) is 37.3 Å². The molecule has 2 aliphatic rings. The van der Waals surface area contributed by atoms with Crippen molar-refractivity contribution in [1.29, 1.82) is 5.26 Å². The largest absolute Gasteiger partial charge is 0.461 e. The van der Waals surface area contributed by atoms with Crippen LogP contribution in [-0.2, 0) is 4.79 Å². The summed E-state index contributed by atoms with van der Waals surface area (Å²) in [6.07, 6.45) is 8.26. The highest BCUT2D eigenvalue weighted by molar-refractivity contribution is 6.01. The molecule has 3 rings (SSSR count). The number of carbonyl (C=O) groups excluding carboxylic acids is 1. The predicted molar refractivity (Wildman–Crippen MR) is 83.8 cm³/mol. The second-order valence-electron chi connectivity index (χ2n) is 6.54. The smallest absolute Gasteiger partial charge is 0.262 e. The molecular formula is C18H22N2O2. The zero-order valence-electron chi connectivity index (χ0n) is 13.0. The number of nitrogens with one attached hydrogen (secondary N) is 1. The van der Waals surface area contributed by atoms with Crippen LogP contribution in [0, 0.1) is 17.2 Å². The number of rotatable bonds is 4. The number of nitriles is 1. The Morgan fingerprint density at radius 1 is 1.36 bits per heavy atom. The molecule has 1 amide bonds. The Balaban J connectivity index is 1.65. The van der Waals surface area contributed by atoms with E-state index in [4.69, 9.17) is 4.42 Å². The van der Waals surface area contributed by atoms with Crippen LogP contribution >= 0.6 is 0 Å². The third kappa shape index (κ3) is 3.41. The van der Waals surface area contributed by atoms with E-state index in [1.165, 1.54) is 6.42 Å². The number of carbonyl (C=O) groups is 1. The van der Waals surface area contributed by atoms with E-state index in [2.05, 4.69) is 12.2 Å². The Morgan fingerprint density at radius 3 is 2.73 bits per heavy atom. The minimum absolute atomic E-state index is 0.121. The van der Waals surface area contributed by atoms with Gasteiger partial charge < -0.3 is 9.73 Å². The molecule has 4 heteroatoms. The van der Waals surface area contributed by atoms with Crippen molar-refractivity contribution in [3.05, 3.63) is 29.2 Å². The van der Waals surface area contributed by atoms with E-state index in [-0.39, 0.29) is 17.5 Å². The molecule has 2 fully saturated rings. The first-order valence-electron chi connectivity index (χ1n) is 8.20. The van der Waals surface area contributed by atoms with Crippen LogP contribution in [0.4, 0.5) is 0 Å². The maximum Gasteiger partial charge on any atom is 0.262 e. The molecule has 1 heterocycles. The maximum absolute atomic E-state index is 12.2. The summed E-state index contributed by atoms with van der Waals surface area (Å²) in [5.41, 5.74) is 0.121. The molecule has 2 saturated carbocycles. The molecule has 0 spiro atoms. The molecule has 0 bridgehead atoms. The SMILES string of the molecule is C[C@H]1C[C@H]1c1ccc(/C=C(\C#N)C(=O)NC2CCCCC2)o1. The summed E-state index contributed by atoms with van der Waals surface area (Å²) in [7, 11) is 0. The Bertz CT molecular complexity index is 617. The van der Waals surface area contributed by atoms with E-state index in [1.54, 1.807) is 6.08 Å². The van der Waals surface area contributed by atoms with Crippen molar-refractivity contribution in [3.8, 4) is 6.07 Å². The van der Waals surface area contributed by atoms with E-state index in [1.807, 2.05) is 18.2 Å². The molecular weight excluding hydrogens is 276 g/mol. The lowest BCUT2D eigenvalue weighted by Gasteiger charge is -2.22. The lowest BCUT2D eigenvalue weighted by Crippen LogP contribution is -2.36. The second kappa shape index (κ2) is 6.39. The number of furan rings is 1. The van der Waals surface area contributed by atoms with Crippen LogP contribution in [-0.4, -0.2) is 11.9 Å². The zero-order chi connectivity index (χ0) is 15.5. The monoisotopic (exact) mass is 298 g/mol. The first kappa shape index (κ1) is 14.9. The van der Waals surface area contributed by atoms with Crippen LogP contribution in [0.25, 0.3) is 6.08 Å². The number of hydrogen-bond acceptors (Lipinski definition) is 3. The summed E-state index contributed by atoms with van der Waals surface area (Å²) >= 11 is 0. The number of nitrogens with zero attached hydrogens (tertiary/aromatic N) is 1. The van der Waals surface area contributed by atoms with Crippen LogP contribution in [0.3, 0.4) is 0 Å². The summed E-state index contributed by atoms with van der Waals surface area (Å²) in [5.74, 6) is 2.44. The fraction of sp³-hybridized carbons (Fsp3) is 0.556. The maximum atomic E-state index is 12.2. The zero-order valence-corrected chi connectivity index (χ0v) is 13.0. The van der Waals surface area contributed by atoms with Gasteiger partial charge in [0.1, 0.15) is 23.2 Å². The van der Waals surface area contributed by atoms with Crippen molar-refractivity contribution < 1.29 is 9.21 Å². The van der Waals surface area contributed by atoms with Gasteiger partial charge in [-0.2, -0.15) is 5.26 Å². The summed E-state index contributed by atoms with van der Waals surface area (Å²) in [4.78, 5) is 12.2. The fourth-order valence-corrected chi connectivity index (χ4v) is 3.16. The van der Waals surface area contributed by atoms with Gasteiger partial charge in [0.25, 0.3) is 5.91 Å². The fourth-order valence-electron chi connectivity index (χ4n) is 3.16. The molecule has 4 nitrogen and oxygen atoms in total. The van der Waals surface area contributed by atoms with Crippen molar-refractivity contribution in [2.75, 3.05) is 0 Å². The predicted octanol–water partition coefficient (Wildman–Crippen LogP) is 3.76. The molecule has 1 aromatic rings. The first-order valence-corrected chi connectivity index (χ1v) is 8.20. The molecule has 0 aliphatic heterocycles. The Morgan fingerprint density at radius 2 is 2.09 bits per heavy atom. The van der Waals surface area contributed by atoms with E-state index in [0.29, 0.717) is 17.6 Å². The van der Waals surface area contributed by atoms with Crippen molar-refractivity contribution in [2.45, 2.75) is 57.4 Å². The molecule has 0 unspecified atom stereocenters. The quantitative estimate of drug-likeness (QED) is 0.680. The minimum atomic E-state index is -0.285. The molecule has 0 radical (unpaired) electrons. The van der Waals surface area contributed by atoms with Gasteiger partial charge in [-0.15, -0.1) is 0 Å². The van der Waals surface area contributed by atoms with Crippen LogP contribution in [0.1, 0.15) is 62.9 Å². The second-order valence-corrected chi connectivity index (χ2v) is 6.54. The van der Waals surface area contributed by atoms with E-state index in [0.717, 1.165) is 37.9 Å². The normalized spacial score (nSPS) is 25.5. The molecule has 22 heavy (non-hydrogen) atoms. The topological polar surface area (TPSA) is 66.0 Å². The number of hydrogen-bond donors (Lipinski definition) is 1. The minimum Gasteiger partial charge on any atom is -0.461 e. The average Bonchev–Trinajstić information content (AvgIpc) is 3.08. The summed E-state index contributed by atoms with van der Waals surface area (Å²) in [6.45, 7) is 2.20. The molecule has 1 N–H and O–H groups in total. The van der Waals surface area contributed by atoms with Gasteiger partial charge in [0.05, 0.1) is 0 Å². The Hall–Kier alpha value is -2.02. The van der Waals surface area contributed by atoms with Gasteiger partial charge in [-0.25, -0.2) is 0 Å². The Labute approximate surface area is 131 Å². The van der Waals surface area contributed by atoms with E-state index < -0.39 is 0 Å². The summed E-state index contributed by atoms with van der Waals surface area (Å²) in [6, 6.07) is 5.99. The van der Waals surface area contributed by atoms with Gasteiger partial charge in [-0.1, -0.05) is 26.2 Å². The average molecular weight is 298 g/mol. The molecule has 0 saturated heterocycles. The summed E-state index contributed by atoms with van der Waals surface area (Å²) < 4.78 is 5.74. The van der Waals surface area contributed by atoms with Gasteiger partial charge in [0, 0.05) is 18.0 Å². The molecule has 2 atom stereocenters. The Kier molecular flexibility index (Phi) is 4.33. The van der Waals surface area contributed by atoms with Gasteiger partial charge in [0.15, 0.2) is 0 Å². The third-order valence-corrected chi connectivity index (χ3v) is 4.71. The summed E-state index contributed by atoms with van der Waals surface area (Å²) in [5, 5.41) is 12.2. The number of amides is 1. The van der Waals surface area contributed by atoms with E-state index >= 15 is 0 Å².